The van der Waals surface area contributed by atoms with Crippen LogP contribution in [-0.4, -0.2) is 59.2 Å². The number of benzene rings is 1. The van der Waals surface area contributed by atoms with E-state index in [1.54, 1.807) is 31.1 Å². The second-order valence-electron chi connectivity index (χ2n) is 5.48. The Kier molecular flexibility index (Phi) is 8.88. The molecule has 7 nitrogen and oxygen atoms in total. The molecule has 1 amide bonds. The van der Waals surface area contributed by atoms with Gasteiger partial charge in [-0.15, -0.1) is 0 Å². The summed E-state index contributed by atoms with van der Waals surface area (Å²) in [5.74, 6) is 0.554. The first-order valence-electron chi connectivity index (χ1n) is 8.35. The maximum absolute atomic E-state index is 12.3. The zero-order valence-corrected chi connectivity index (χ0v) is 16.2. The Hall–Kier alpha value is -1.64. The van der Waals surface area contributed by atoms with Gasteiger partial charge in [-0.2, -0.15) is 0 Å². The summed E-state index contributed by atoms with van der Waals surface area (Å²) in [5.41, 5.74) is 0.721. The van der Waals surface area contributed by atoms with Crippen molar-refractivity contribution < 1.29 is 22.7 Å². The van der Waals surface area contributed by atoms with Crippen molar-refractivity contribution in [2.45, 2.75) is 32.1 Å². The van der Waals surface area contributed by atoms with Gasteiger partial charge in [0, 0.05) is 33.2 Å². The predicted octanol–water partition coefficient (Wildman–Crippen LogP) is 1.56. The Labute approximate surface area is 150 Å². The molecule has 25 heavy (non-hydrogen) atoms. The minimum Gasteiger partial charge on any atom is -0.491 e. The topological polar surface area (TPSA) is 84.9 Å². The molecule has 1 N–H and O–H groups in total. The van der Waals surface area contributed by atoms with Crippen molar-refractivity contribution in [1.29, 1.82) is 0 Å². The second kappa shape index (κ2) is 10.4. The highest BCUT2D eigenvalue weighted by Crippen LogP contribution is 2.21. The van der Waals surface area contributed by atoms with Gasteiger partial charge in [0.05, 0.1) is 11.5 Å². The summed E-state index contributed by atoms with van der Waals surface area (Å²) in [4.78, 5) is 13.7. The fourth-order valence-corrected chi connectivity index (χ4v) is 3.41. The molecule has 1 aromatic rings. The number of ether oxygens (including phenoxy) is 2. The van der Waals surface area contributed by atoms with E-state index in [4.69, 9.17) is 9.47 Å². The molecule has 0 bridgehead atoms. The lowest BCUT2D eigenvalue weighted by Gasteiger charge is -2.18. The minimum absolute atomic E-state index is 0.0641. The number of aryl methyl sites for hydroxylation is 1. The van der Waals surface area contributed by atoms with Crippen LogP contribution in [0.1, 0.15) is 25.8 Å². The third-order valence-corrected chi connectivity index (χ3v) is 5.21. The molecule has 0 spiro atoms. The van der Waals surface area contributed by atoms with Gasteiger partial charge in [0.25, 0.3) is 0 Å². The van der Waals surface area contributed by atoms with Gasteiger partial charge < -0.3 is 14.4 Å². The Morgan fingerprint density at radius 2 is 1.88 bits per heavy atom. The van der Waals surface area contributed by atoms with Gasteiger partial charge in [-0.05, 0) is 44.5 Å². The largest absolute Gasteiger partial charge is 0.491 e. The van der Waals surface area contributed by atoms with Crippen LogP contribution < -0.4 is 9.46 Å². The Bertz CT molecular complexity index is 657. The Morgan fingerprint density at radius 3 is 2.44 bits per heavy atom. The van der Waals surface area contributed by atoms with E-state index in [1.807, 2.05) is 13.8 Å². The molecule has 0 atom stereocenters. The molecule has 0 saturated heterocycles. The highest BCUT2D eigenvalue weighted by Gasteiger charge is 2.17. The van der Waals surface area contributed by atoms with E-state index in [2.05, 4.69) is 4.72 Å². The molecule has 0 heterocycles. The summed E-state index contributed by atoms with van der Waals surface area (Å²) >= 11 is 0. The van der Waals surface area contributed by atoms with Gasteiger partial charge in [0.15, 0.2) is 0 Å². The standard InChI is InChI=1S/C17H28N2O5S/c1-5-19(6-2)17(20)9-10-18-25(21,22)15-7-8-16(14(3)13-15)24-12-11-23-4/h7-8,13,18H,5-6,9-12H2,1-4H3. The fourth-order valence-electron chi connectivity index (χ4n) is 2.30. The van der Waals surface area contributed by atoms with Gasteiger partial charge in [0.1, 0.15) is 12.4 Å². The van der Waals surface area contributed by atoms with Crippen molar-refractivity contribution in [3.8, 4) is 5.75 Å². The van der Waals surface area contributed by atoms with E-state index in [1.165, 1.54) is 6.07 Å². The highest BCUT2D eigenvalue weighted by molar-refractivity contribution is 7.89. The van der Waals surface area contributed by atoms with Crippen molar-refractivity contribution in [3.63, 3.8) is 0 Å². The maximum atomic E-state index is 12.3. The molecule has 1 rings (SSSR count). The average Bonchev–Trinajstić information content (AvgIpc) is 2.57. The van der Waals surface area contributed by atoms with Crippen molar-refractivity contribution >= 4 is 15.9 Å². The van der Waals surface area contributed by atoms with Crippen LogP contribution in [0.15, 0.2) is 23.1 Å². The van der Waals surface area contributed by atoms with Crippen LogP contribution in [0.4, 0.5) is 0 Å². The van der Waals surface area contributed by atoms with Crippen molar-refractivity contribution in [3.05, 3.63) is 23.8 Å². The summed E-state index contributed by atoms with van der Waals surface area (Å²) in [7, 11) is -2.07. The number of carbonyl (C=O) groups is 1. The van der Waals surface area contributed by atoms with Crippen LogP contribution >= 0.6 is 0 Å². The van der Waals surface area contributed by atoms with Crippen molar-refractivity contribution in [1.82, 2.24) is 9.62 Å². The number of amides is 1. The zero-order chi connectivity index (χ0) is 18.9. The first-order chi connectivity index (χ1) is 11.9. The molecular weight excluding hydrogens is 344 g/mol. The highest BCUT2D eigenvalue weighted by atomic mass is 32.2. The third kappa shape index (κ3) is 6.64. The SMILES string of the molecule is CCN(CC)C(=O)CCNS(=O)(=O)c1ccc(OCCOC)c(C)c1. The second-order valence-corrected chi connectivity index (χ2v) is 7.25. The van der Waals surface area contributed by atoms with Crippen LogP contribution in [0.3, 0.4) is 0 Å². The normalized spacial score (nSPS) is 11.4. The minimum atomic E-state index is -3.66. The molecule has 142 valence electrons. The van der Waals surface area contributed by atoms with E-state index < -0.39 is 10.0 Å². The van der Waals surface area contributed by atoms with Gasteiger partial charge in [-0.25, -0.2) is 13.1 Å². The van der Waals surface area contributed by atoms with Crippen LogP contribution in [-0.2, 0) is 19.6 Å². The fraction of sp³-hybridized carbons (Fsp3) is 0.588. The van der Waals surface area contributed by atoms with Crippen LogP contribution in [0.2, 0.25) is 0 Å². The van der Waals surface area contributed by atoms with E-state index in [0.29, 0.717) is 32.1 Å². The number of nitrogens with one attached hydrogen (secondary N) is 1. The number of carbonyl (C=O) groups excluding carboxylic acids is 1. The lowest BCUT2D eigenvalue weighted by atomic mass is 10.2. The zero-order valence-electron chi connectivity index (χ0n) is 15.4. The molecule has 0 aromatic heterocycles. The van der Waals surface area contributed by atoms with Gasteiger partial charge in [-0.1, -0.05) is 0 Å². The summed E-state index contributed by atoms with van der Waals surface area (Å²) in [6.07, 6.45) is 0.137. The molecular formula is C17H28N2O5S. The summed E-state index contributed by atoms with van der Waals surface area (Å²) in [5, 5.41) is 0. The van der Waals surface area contributed by atoms with Crippen molar-refractivity contribution in [2.75, 3.05) is 40.0 Å². The lowest BCUT2D eigenvalue weighted by Crippen LogP contribution is -2.34. The van der Waals surface area contributed by atoms with E-state index >= 15 is 0 Å². The number of sulfonamides is 1. The summed E-state index contributed by atoms with van der Waals surface area (Å²) in [6.45, 7) is 7.73. The number of hydrogen-bond donors (Lipinski definition) is 1. The van der Waals surface area contributed by atoms with Crippen molar-refractivity contribution in [2.24, 2.45) is 0 Å². The molecule has 8 heteroatoms. The number of methoxy groups -OCH3 is 1. The molecule has 0 unspecified atom stereocenters. The smallest absolute Gasteiger partial charge is 0.240 e. The molecule has 0 radical (unpaired) electrons. The molecule has 0 aliphatic heterocycles. The molecule has 0 saturated carbocycles. The number of hydrogen-bond acceptors (Lipinski definition) is 5. The molecule has 1 aromatic carbocycles. The lowest BCUT2D eigenvalue weighted by molar-refractivity contribution is -0.130. The van der Waals surface area contributed by atoms with E-state index in [-0.39, 0.29) is 23.8 Å². The van der Waals surface area contributed by atoms with Crippen LogP contribution in [0.25, 0.3) is 0 Å². The van der Waals surface area contributed by atoms with E-state index in [9.17, 15) is 13.2 Å². The van der Waals surface area contributed by atoms with Gasteiger partial charge >= 0.3 is 0 Å². The first-order valence-corrected chi connectivity index (χ1v) is 9.83. The predicted molar refractivity (Wildman–Crippen MR) is 96.3 cm³/mol. The molecule has 0 aliphatic carbocycles. The molecule has 0 fully saturated rings. The Balaban J connectivity index is 2.66. The van der Waals surface area contributed by atoms with E-state index in [0.717, 1.165) is 5.56 Å². The third-order valence-electron chi connectivity index (χ3n) is 3.75. The summed E-state index contributed by atoms with van der Waals surface area (Å²) in [6, 6.07) is 4.67. The van der Waals surface area contributed by atoms with Crippen LogP contribution in [0, 0.1) is 6.92 Å². The Morgan fingerprint density at radius 1 is 1.20 bits per heavy atom. The quantitative estimate of drug-likeness (QED) is 0.596. The summed E-state index contributed by atoms with van der Waals surface area (Å²) < 4.78 is 37.6. The van der Waals surface area contributed by atoms with Crippen LogP contribution in [0.5, 0.6) is 5.75 Å². The number of rotatable bonds is 11. The first kappa shape index (κ1) is 21.4. The molecule has 0 aliphatic rings. The van der Waals surface area contributed by atoms with Gasteiger partial charge in [-0.3, -0.25) is 4.79 Å². The maximum Gasteiger partial charge on any atom is 0.240 e. The van der Waals surface area contributed by atoms with Gasteiger partial charge in [0.2, 0.25) is 15.9 Å². The average molecular weight is 372 g/mol. The monoisotopic (exact) mass is 372 g/mol. The number of nitrogens with zero attached hydrogens (tertiary/aromatic N) is 1.